The minimum Gasteiger partial charge on any atom is -0.478 e. The zero-order valence-corrected chi connectivity index (χ0v) is 15.6. The quantitative estimate of drug-likeness (QED) is 0.574. The highest BCUT2D eigenvalue weighted by Gasteiger charge is 2.25. The van der Waals surface area contributed by atoms with Gasteiger partial charge in [0.05, 0.1) is 16.5 Å². The van der Waals surface area contributed by atoms with Crippen molar-refractivity contribution in [3.8, 4) is 10.4 Å². The van der Waals surface area contributed by atoms with Crippen molar-refractivity contribution in [2.45, 2.75) is 5.92 Å². The fraction of sp³-hybridized carbons (Fsp3) is 0.100. The maximum atomic E-state index is 13.5. The van der Waals surface area contributed by atoms with Crippen LogP contribution in [-0.2, 0) is 4.79 Å². The van der Waals surface area contributed by atoms with Gasteiger partial charge in [0.2, 0.25) is 5.91 Å². The lowest BCUT2D eigenvalue weighted by atomic mass is 9.99. The number of aromatic carboxylic acids is 1. The molecule has 0 radical (unpaired) electrons. The number of carboxylic acid groups (broad SMARTS) is 1. The van der Waals surface area contributed by atoms with Gasteiger partial charge < -0.3 is 10.4 Å². The Morgan fingerprint density at radius 1 is 1.11 bits per heavy atom. The van der Waals surface area contributed by atoms with Crippen LogP contribution in [0.4, 0.5) is 10.1 Å². The van der Waals surface area contributed by atoms with Gasteiger partial charge in [-0.2, -0.15) is 0 Å². The first-order valence-electron chi connectivity index (χ1n) is 8.03. The van der Waals surface area contributed by atoms with Gasteiger partial charge in [-0.1, -0.05) is 54.1 Å². The molecule has 7 heteroatoms. The van der Waals surface area contributed by atoms with Crippen LogP contribution in [0.15, 0.2) is 60.0 Å². The van der Waals surface area contributed by atoms with Gasteiger partial charge in [0.15, 0.2) is 0 Å². The van der Waals surface area contributed by atoms with Crippen LogP contribution >= 0.6 is 22.9 Å². The molecule has 2 aromatic carbocycles. The molecule has 0 aliphatic carbocycles. The lowest BCUT2D eigenvalue weighted by Gasteiger charge is -2.14. The highest BCUT2D eigenvalue weighted by atomic mass is 35.5. The zero-order valence-electron chi connectivity index (χ0n) is 14.0. The topological polar surface area (TPSA) is 66.4 Å². The molecule has 0 spiro atoms. The third kappa shape index (κ3) is 4.18. The number of amides is 1. The first-order chi connectivity index (χ1) is 13.0. The van der Waals surface area contributed by atoms with E-state index in [-0.39, 0.29) is 11.3 Å². The number of carbonyl (C=O) groups excluding carboxylic acids is 1. The molecule has 1 atom stereocenters. The Balaban J connectivity index is 1.92. The van der Waals surface area contributed by atoms with E-state index in [4.69, 9.17) is 11.6 Å². The number of hydrogen-bond donors (Lipinski definition) is 2. The van der Waals surface area contributed by atoms with Crippen LogP contribution < -0.4 is 5.32 Å². The Kier molecular flexibility index (Phi) is 5.88. The predicted molar refractivity (Wildman–Crippen MR) is 106 cm³/mol. The van der Waals surface area contributed by atoms with E-state index in [0.29, 0.717) is 21.0 Å². The second-order valence-electron chi connectivity index (χ2n) is 5.77. The van der Waals surface area contributed by atoms with Crippen molar-refractivity contribution in [2.75, 3.05) is 12.0 Å². The molecule has 0 saturated carbocycles. The second kappa shape index (κ2) is 8.33. The van der Waals surface area contributed by atoms with E-state index in [1.54, 1.807) is 60.0 Å². The molecule has 0 saturated heterocycles. The minimum atomic E-state index is -1.17. The molecule has 1 aromatic heterocycles. The van der Waals surface area contributed by atoms with Crippen LogP contribution in [0.2, 0.25) is 5.02 Å². The summed E-state index contributed by atoms with van der Waals surface area (Å²) in [7, 11) is 0. The molecule has 0 aliphatic rings. The van der Waals surface area contributed by atoms with Crippen molar-refractivity contribution in [3.05, 3.63) is 76.1 Å². The van der Waals surface area contributed by atoms with Gasteiger partial charge in [-0.25, -0.2) is 9.18 Å². The van der Waals surface area contributed by atoms with E-state index < -0.39 is 24.5 Å². The number of carboxylic acids is 1. The van der Waals surface area contributed by atoms with E-state index in [2.05, 4.69) is 5.32 Å². The van der Waals surface area contributed by atoms with E-state index in [1.165, 1.54) is 11.3 Å². The minimum absolute atomic E-state index is 0.0265. The number of halogens is 2. The smallest absolute Gasteiger partial charge is 0.339 e. The summed E-state index contributed by atoms with van der Waals surface area (Å²) in [4.78, 5) is 24.8. The van der Waals surface area contributed by atoms with E-state index in [9.17, 15) is 19.1 Å². The molecule has 1 unspecified atom stereocenters. The summed E-state index contributed by atoms with van der Waals surface area (Å²) in [5.41, 5.74) is 1.33. The number of rotatable bonds is 6. The predicted octanol–water partition coefficient (Wildman–Crippen LogP) is 5.46. The fourth-order valence-corrected chi connectivity index (χ4v) is 3.82. The van der Waals surface area contributed by atoms with Gasteiger partial charge in [0, 0.05) is 10.4 Å². The first kappa shape index (κ1) is 19.1. The van der Waals surface area contributed by atoms with Crippen LogP contribution in [0, 0.1) is 0 Å². The Morgan fingerprint density at radius 3 is 2.37 bits per heavy atom. The lowest BCUT2D eigenvalue weighted by Crippen LogP contribution is -2.23. The summed E-state index contributed by atoms with van der Waals surface area (Å²) in [6.07, 6.45) is 0. The van der Waals surface area contributed by atoms with Crippen LogP contribution in [0.5, 0.6) is 0 Å². The maximum Gasteiger partial charge on any atom is 0.339 e. The lowest BCUT2D eigenvalue weighted by molar-refractivity contribution is -0.117. The third-order valence-corrected chi connectivity index (χ3v) is 5.32. The van der Waals surface area contributed by atoms with Crippen LogP contribution in [-0.4, -0.2) is 23.7 Å². The largest absolute Gasteiger partial charge is 0.478 e. The fourth-order valence-electron chi connectivity index (χ4n) is 2.69. The third-order valence-electron chi connectivity index (χ3n) is 4.04. The summed E-state index contributed by atoms with van der Waals surface area (Å²) < 4.78 is 13.5. The molecule has 0 bridgehead atoms. The molecule has 27 heavy (non-hydrogen) atoms. The molecule has 3 rings (SSSR count). The molecule has 0 aliphatic heterocycles. The summed E-state index contributed by atoms with van der Waals surface area (Å²) in [5.74, 6) is -2.77. The van der Waals surface area contributed by atoms with Crippen molar-refractivity contribution >= 4 is 40.5 Å². The number of benzene rings is 2. The Labute approximate surface area is 164 Å². The van der Waals surface area contributed by atoms with E-state index in [1.807, 2.05) is 0 Å². The van der Waals surface area contributed by atoms with Gasteiger partial charge in [0.1, 0.15) is 12.2 Å². The Hall–Kier alpha value is -2.70. The molecule has 1 amide bonds. The number of anilines is 1. The molecule has 0 fully saturated rings. The average Bonchev–Trinajstić information content (AvgIpc) is 3.07. The summed E-state index contributed by atoms with van der Waals surface area (Å²) >= 11 is 7.07. The van der Waals surface area contributed by atoms with Crippen LogP contribution in [0.1, 0.15) is 21.8 Å². The Morgan fingerprint density at radius 2 is 1.78 bits per heavy atom. The van der Waals surface area contributed by atoms with Crippen LogP contribution in [0.3, 0.4) is 0 Å². The van der Waals surface area contributed by atoms with Crippen molar-refractivity contribution in [1.29, 1.82) is 0 Å². The van der Waals surface area contributed by atoms with Crippen LogP contribution in [0.25, 0.3) is 10.4 Å². The normalized spacial score (nSPS) is 11.8. The van der Waals surface area contributed by atoms with Gasteiger partial charge in [-0.05, 0) is 23.3 Å². The first-order valence-corrected chi connectivity index (χ1v) is 9.29. The van der Waals surface area contributed by atoms with Gasteiger partial charge >= 0.3 is 5.97 Å². The standard InChI is InChI=1S/C20H15ClFNO3S/c21-14-8-6-13(7-9-14)18-17(20(25)26)16(11-27-18)23-19(24)15(10-22)12-4-2-1-3-5-12/h1-9,11,15H,10H2,(H,23,24)(H,25,26). The average molecular weight is 404 g/mol. The van der Waals surface area contributed by atoms with Crippen molar-refractivity contribution in [3.63, 3.8) is 0 Å². The molecule has 2 N–H and O–H groups in total. The summed E-state index contributed by atoms with van der Waals surface area (Å²) in [5, 5.41) is 14.3. The van der Waals surface area contributed by atoms with Crippen molar-refractivity contribution in [1.82, 2.24) is 0 Å². The van der Waals surface area contributed by atoms with Gasteiger partial charge in [-0.15, -0.1) is 11.3 Å². The zero-order chi connectivity index (χ0) is 19.4. The maximum absolute atomic E-state index is 13.5. The van der Waals surface area contributed by atoms with E-state index in [0.717, 1.165) is 0 Å². The number of thiophene rings is 1. The van der Waals surface area contributed by atoms with Crippen molar-refractivity contribution < 1.29 is 19.1 Å². The second-order valence-corrected chi connectivity index (χ2v) is 7.09. The number of hydrogen-bond acceptors (Lipinski definition) is 3. The molecule has 1 heterocycles. The van der Waals surface area contributed by atoms with Gasteiger partial charge in [0.25, 0.3) is 0 Å². The summed E-state index contributed by atoms with van der Waals surface area (Å²) in [6, 6.07) is 15.3. The molecule has 3 aromatic rings. The number of carbonyl (C=O) groups is 2. The SMILES string of the molecule is O=C(O)c1c(NC(=O)C(CF)c2ccccc2)csc1-c1ccc(Cl)cc1. The Bertz CT molecular complexity index is 957. The summed E-state index contributed by atoms with van der Waals surface area (Å²) in [6.45, 7) is -0.883. The molecular weight excluding hydrogens is 389 g/mol. The number of nitrogens with one attached hydrogen (secondary N) is 1. The highest BCUT2D eigenvalue weighted by molar-refractivity contribution is 7.14. The molecule has 4 nitrogen and oxygen atoms in total. The monoisotopic (exact) mass is 403 g/mol. The van der Waals surface area contributed by atoms with Crippen molar-refractivity contribution in [2.24, 2.45) is 0 Å². The van der Waals surface area contributed by atoms with Gasteiger partial charge in [-0.3, -0.25) is 4.79 Å². The number of alkyl halides is 1. The highest BCUT2D eigenvalue weighted by Crippen LogP contribution is 2.37. The van der Waals surface area contributed by atoms with E-state index >= 15 is 0 Å². The molecular formula is C20H15ClFNO3S. The molecule has 138 valence electrons.